The van der Waals surface area contributed by atoms with Gasteiger partial charge in [-0.3, -0.25) is 16.5 Å². The highest BCUT2D eigenvalue weighted by molar-refractivity contribution is 5.69. The maximum Gasteiger partial charge on any atom is 0.339 e. The average molecular weight is 116 g/mol. The average Bonchev–Trinajstić information content (AvgIpc) is 1.21. The Morgan fingerprint density at radius 3 is 1.62 bits per heavy atom. The summed E-state index contributed by atoms with van der Waals surface area (Å²) in [6.07, 6.45) is 0. The third-order valence-electron chi connectivity index (χ3n) is 0.519. The Morgan fingerprint density at radius 1 is 1.25 bits per heavy atom. The van der Waals surface area contributed by atoms with Gasteiger partial charge in [-0.05, 0) is 20.8 Å². The fourth-order valence-corrected chi connectivity index (χ4v) is 0.433. The van der Waals surface area contributed by atoms with Crippen molar-refractivity contribution in [1.82, 2.24) is 0 Å². The number of guanidine groups is 1. The summed E-state index contributed by atoms with van der Waals surface area (Å²) in [5, 5.41) is 0. The molecule has 48 valence electrons. The van der Waals surface area contributed by atoms with Gasteiger partial charge in [0, 0.05) is 0 Å². The lowest BCUT2D eigenvalue weighted by atomic mass is 10.1. The molecule has 0 aliphatic rings. The Hall–Kier alpha value is -0.730. The number of hydrogen-bond acceptors (Lipinski definition) is 0. The van der Waals surface area contributed by atoms with Crippen molar-refractivity contribution in [1.29, 1.82) is 0 Å². The molecule has 0 radical (unpaired) electrons. The molecule has 0 fully saturated rings. The minimum Gasteiger partial charge on any atom is -0.291 e. The van der Waals surface area contributed by atoms with E-state index in [0.29, 0.717) is 0 Å². The molecule has 0 spiro atoms. The van der Waals surface area contributed by atoms with Gasteiger partial charge in [0.1, 0.15) is 0 Å². The van der Waals surface area contributed by atoms with Crippen LogP contribution in [0.2, 0.25) is 0 Å². The van der Waals surface area contributed by atoms with E-state index >= 15 is 0 Å². The monoisotopic (exact) mass is 116 g/mol. The molecule has 0 unspecified atom stereocenters. The highest BCUT2D eigenvalue weighted by Crippen LogP contribution is 1.85. The summed E-state index contributed by atoms with van der Waals surface area (Å²) in [6.45, 7) is 5.98. The first-order chi connectivity index (χ1) is 3.42. The Labute approximate surface area is 49.8 Å². The summed E-state index contributed by atoms with van der Waals surface area (Å²) in [6, 6.07) is 0. The summed E-state index contributed by atoms with van der Waals surface area (Å²) in [4.78, 5) is 2.85. The molecule has 5 N–H and O–H groups in total. The third kappa shape index (κ3) is 5.27. The highest BCUT2D eigenvalue weighted by atomic mass is 15.0. The SMILES string of the molecule is CC(C)(C)[NH+]=C(N)N. The van der Waals surface area contributed by atoms with Crippen LogP contribution in [0.4, 0.5) is 0 Å². The molecule has 0 aromatic rings. The Morgan fingerprint density at radius 2 is 1.62 bits per heavy atom. The summed E-state index contributed by atoms with van der Waals surface area (Å²) >= 11 is 0. The molecule has 3 nitrogen and oxygen atoms in total. The van der Waals surface area contributed by atoms with Crippen molar-refractivity contribution >= 4 is 5.96 Å². The molecule has 0 aliphatic heterocycles. The van der Waals surface area contributed by atoms with Crippen LogP contribution in [0.5, 0.6) is 0 Å². The second-order valence-corrected chi connectivity index (χ2v) is 2.83. The molecule has 0 rings (SSSR count). The van der Waals surface area contributed by atoms with Crippen molar-refractivity contribution in [3.63, 3.8) is 0 Å². The zero-order valence-electron chi connectivity index (χ0n) is 5.65. The minimum atomic E-state index is -0.0150. The predicted molar refractivity (Wildman–Crippen MR) is 34.1 cm³/mol. The van der Waals surface area contributed by atoms with Crippen molar-refractivity contribution in [2.75, 3.05) is 0 Å². The summed E-state index contributed by atoms with van der Waals surface area (Å²) in [5.74, 6) is 0.275. The highest BCUT2D eigenvalue weighted by Gasteiger charge is 2.07. The van der Waals surface area contributed by atoms with Gasteiger partial charge in [-0.2, -0.15) is 0 Å². The standard InChI is InChI=1S/C5H13N3/c1-5(2,3)8-4(6)7/h1-3H3,(H4,6,7,8)/p+1. The first-order valence-electron chi connectivity index (χ1n) is 2.58. The van der Waals surface area contributed by atoms with E-state index in [4.69, 9.17) is 11.5 Å². The van der Waals surface area contributed by atoms with Crippen LogP contribution in [0.1, 0.15) is 20.8 Å². The molecule has 0 aliphatic carbocycles. The molecule has 0 aromatic carbocycles. The van der Waals surface area contributed by atoms with Crippen LogP contribution in [0, 0.1) is 0 Å². The maximum atomic E-state index is 5.16. The molecule has 0 heterocycles. The zero-order valence-corrected chi connectivity index (χ0v) is 5.65. The van der Waals surface area contributed by atoms with Gasteiger partial charge in [-0.15, -0.1) is 0 Å². The molecule has 0 aromatic heterocycles. The first-order valence-corrected chi connectivity index (χ1v) is 2.58. The van der Waals surface area contributed by atoms with E-state index in [9.17, 15) is 0 Å². The summed E-state index contributed by atoms with van der Waals surface area (Å²) < 4.78 is 0. The topological polar surface area (TPSA) is 66.0 Å². The first kappa shape index (κ1) is 7.27. The number of hydrogen-bond donors (Lipinski definition) is 3. The van der Waals surface area contributed by atoms with E-state index in [2.05, 4.69) is 4.99 Å². The number of rotatable bonds is 0. The molecule has 0 amide bonds. The Kier molecular flexibility index (Phi) is 1.84. The van der Waals surface area contributed by atoms with Gasteiger partial charge in [0.15, 0.2) is 0 Å². The fourth-order valence-electron chi connectivity index (χ4n) is 0.433. The molecule has 0 saturated heterocycles. The van der Waals surface area contributed by atoms with E-state index in [1.165, 1.54) is 0 Å². The largest absolute Gasteiger partial charge is 0.339 e. The van der Waals surface area contributed by atoms with Crippen LogP contribution in [0.15, 0.2) is 0 Å². The van der Waals surface area contributed by atoms with Crippen LogP contribution in [-0.4, -0.2) is 11.5 Å². The van der Waals surface area contributed by atoms with Gasteiger partial charge in [0.2, 0.25) is 0 Å². The lowest BCUT2D eigenvalue weighted by Gasteiger charge is -2.08. The van der Waals surface area contributed by atoms with E-state index < -0.39 is 0 Å². The lowest BCUT2D eigenvalue weighted by Crippen LogP contribution is -2.87. The van der Waals surface area contributed by atoms with Crippen molar-refractivity contribution in [2.45, 2.75) is 26.3 Å². The van der Waals surface area contributed by atoms with Crippen LogP contribution in [-0.2, 0) is 0 Å². The quantitative estimate of drug-likeness (QED) is 0.257. The maximum absolute atomic E-state index is 5.16. The zero-order chi connectivity index (χ0) is 6.78. The Bertz CT molecular complexity index is 94.7. The fraction of sp³-hybridized carbons (Fsp3) is 0.800. The van der Waals surface area contributed by atoms with Crippen LogP contribution >= 0.6 is 0 Å². The number of nitrogens with two attached hydrogens (primary N) is 2. The van der Waals surface area contributed by atoms with Gasteiger partial charge < -0.3 is 0 Å². The van der Waals surface area contributed by atoms with E-state index in [-0.39, 0.29) is 11.5 Å². The third-order valence-corrected chi connectivity index (χ3v) is 0.519. The van der Waals surface area contributed by atoms with Gasteiger partial charge in [0.05, 0.1) is 5.54 Å². The second kappa shape index (κ2) is 2.03. The molecular weight excluding hydrogens is 102 g/mol. The molecular formula is C5H14N3+. The van der Waals surface area contributed by atoms with E-state index in [0.717, 1.165) is 0 Å². The minimum absolute atomic E-state index is 0.0150. The van der Waals surface area contributed by atoms with Crippen LogP contribution in [0.25, 0.3) is 0 Å². The molecule has 8 heavy (non-hydrogen) atoms. The van der Waals surface area contributed by atoms with Crippen molar-refractivity contribution in [2.24, 2.45) is 11.5 Å². The van der Waals surface area contributed by atoms with Crippen molar-refractivity contribution < 1.29 is 4.99 Å². The van der Waals surface area contributed by atoms with Crippen molar-refractivity contribution in [3.8, 4) is 0 Å². The van der Waals surface area contributed by atoms with E-state index in [1.807, 2.05) is 20.8 Å². The molecule has 0 saturated carbocycles. The van der Waals surface area contributed by atoms with Gasteiger partial charge in [-0.1, -0.05) is 0 Å². The smallest absolute Gasteiger partial charge is 0.291 e. The van der Waals surface area contributed by atoms with Crippen LogP contribution < -0.4 is 16.5 Å². The molecule has 0 atom stereocenters. The van der Waals surface area contributed by atoms with E-state index in [1.54, 1.807) is 0 Å². The predicted octanol–water partition coefficient (Wildman–Crippen LogP) is -1.86. The lowest BCUT2D eigenvalue weighted by molar-refractivity contribution is -0.540. The number of nitrogens with one attached hydrogen (secondary N) is 1. The normalized spacial score (nSPS) is 10.9. The summed E-state index contributed by atoms with van der Waals surface area (Å²) in [5.41, 5.74) is 10.3. The second-order valence-electron chi connectivity index (χ2n) is 2.83. The molecule has 3 heteroatoms. The van der Waals surface area contributed by atoms with Crippen molar-refractivity contribution in [3.05, 3.63) is 0 Å². The van der Waals surface area contributed by atoms with Gasteiger partial charge in [-0.25, -0.2) is 0 Å². The van der Waals surface area contributed by atoms with Crippen LogP contribution in [0.3, 0.4) is 0 Å². The van der Waals surface area contributed by atoms with Gasteiger partial charge in [0.25, 0.3) is 0 Å². The molecule has 0 bridgehead atoms. The van der Waals surface area contributed by atoms with Gasteiger partial charge >= 0.3 is 5.96 Å². The Balaban J connectivity index is 3.89. The summed E-state index contributed by atoms with van der Waals surface area (Å²) in [7, 11) is 0.